The number of H-pyrrole nitrogens is 2. The van der Waals surface area contributed by atoms with E-state index in [1.54, 1.807) is 0 Å². The number of hydrogen-bond acceptors (Lipinski definition) is 4. The van der Waals surface area contributed by atoms with Crippen LogP contribution in [0.15, 0.2) is 9.95 Å². The van der Waals surface area contributed by atoms with Crippen molar-refractivity contribution in [2.45, 2.75) is 30.8 Å². The number of hydrogen-bond donors (Lipinski definition) is 3. The van der Waals surface area contributed by atoms with Crippen LogP contribution in [0.1, 0.15) is 25.7 Å². The van der Waals surface area contributed by atoms with Gasteiger partial charge in [0, 0.05) is 6.54 Å². The van der Waals surface area contributed by atoms with Crippen molar-refractivity contribution in [1.82, 2.24) is 20.5 Å². The Morgan fingerprint density at radius 2 is 2.32 bits per heavy atom. The Kier molecular flexibility index (Phi) is 3.63. The quantitative estimate of drug-likeness (QED) is 0.695. The summed E-state index contributed by atoms with van der Waals surface area (Å²) >= 11 is 1.24. The van der Waals surface area contributed by atoms with E-state index in [9.17, 15) is 9.59 Å². The third-order valence-corrected chi connectivity index (χ3v) is 5.14. The molecule has 0 spiro atoms. The minimum Gasteiger partial charge on any atom is -0.355 e. The maximum Gasteiger partial charge on any atom is 0.341 e. The lowest BCUT2D eigenvalue weighted by molar-refractivity contribution is -0.118. The van der Waals surface area contributed by atoms with Crippen molar-refractivity contribution in [1.29, 1.82) is 0 Å². The predicted molar refractivity (Wildman–Crippen MR) is 71.9 cm³/mol. The second-order valence-corrected chi connectivity index (χ2v) is 6.47. The topological polar surface area (TPSA) is 90.6 Å². The van der Waals surface area contributed by atoms with Gasteiger partial charge in [-0.2, -0.15) is 0 Å². The molecular formula is C12H18N4O2S. The first-order chi connectivity index (χ1) is 9.20. The maximum atomic E-state index is 11.7. The lowest BCUT2D eigenvalue weighted by Gasteiger charge is -2.21. The van der Waals surface area contributed by atoms with Crippen molar-refractivity contribution < 1.29 is 4.79 Å². The van der Waals surface area contributed by atoms with Gasteiger partial charge < -0.3 is 5.32 Å². The lowest BCUT2D eigenvalue weighted by Crippen LogP contribution is -2.32. The van der Waals surface area contributed by atoms with Gasteiger partial charge >= 0.3 is 5.69 Å². The Morgan fingerprint density at radius 1 is 1.42 bits per heavy atom. The van der Waals surface area contributed by atoms with E-state index in [0.717, 1.165) is 18.4 Å². The molecule has 3 atom stereocenters. The third-order valence-electron chi connectivity index (χ3n) is 4.27. The fourth-order valence-electron chi connectivity index (χ4n) is 3.38. The molecule has 1 aromatic heterocycles. The van der Waals surface area contributed by atoms with E-state index in [4.69, 9.17) is 0 Å². The molecule has 104 valence electrons. The molecule has 2 saturated carbocycles. The molecule has 3 N–H and O–H groups in total. The molecule has 1 aromatic rings. The van der Waals surface area contributed by atoms with Gasteiger partial charge in [-0.05, 0) is 37.0 Å². The number of rotatable bonds is 5. The first-order valence-electron chi connectivity index (χ1n) is 6.75. The monoisotopic (exact) mass is 282 g/mol. The highest BCUT2D eigenvalue weighted by Crippen LogP contribution is 2.47. The normalized spacial score (nSPS) is 28.7. The number of carbonyl (C=O) groups is 1. The van der Waals surface area contributed by atoms with E-state index >= 15 is 0 Å². The number of fused-ring (bicyclic) bond motifs is 2. The number of carbonyl (C=O) groups excluding carboxylic acids is 1. The van der Waals surface area contributed by atoms with E-state index in [0.29, 0.717) is 16.8 Å². The van der Waals surface area contributed by atoms with Gasteiger partial charge in [-0.3, -0.25) is 9.78 Å². The zero-order chi connectivity index (χ0) is 13.2. The first kappa shape index (κ1) is 12.8. The van der Waals surface area contributed by atoms with E-state index in [2.05, 4.69) is 20.5 Å². The van der Waals surface area contributed by atoms with Crippen LogP contribution in [0.4, 0.5) is 0 Å². The molecule has 0 aromatic carbocycles. The van der Waals surface area contributed by atoms with Gasteiger partial charge in [0.2, 0.25) is 5.91 Å². The van der Waals surface area contributed by atoms with Crippen molar-refractivity contribution in [3.05, 3.63) is 10.5 Å². The number of amides is 1. The summed E-state index contributed by atoms with van der Waals surface area (Å²) in [5.41, 5.74) is -0.343. The fourth-order valence-corrected chi connectivity index (χ4v) is 4.02. The molecule has 19 heavy (non-hydrogen) atoms. The van der Waals surface area contributed by atoms with Crippen LogP contribution in [0.5, 0.6) is 0 Å². The molecule has 7 heteroatoms. The Morgan fingerprint density at radius 3 is 2.95 bits per heavy atom. The van der Waals surface area contributed by atoms with Crippen LogP contribution < -0.4 is 11.0 Å². The summed E-state index contributed by atoms with van der Waals surface area (Å²) < 4.78 is 0. The number of aromatic nitrogens is 3. The van der Waals surface area contributed by atoms with Gasteiger partial charge in [-0.25, -0.2) is 9.89 Å². The zero-order valence-electron chi connectivity index (χ0n) is 10.6. The van der Waals surface area contributed by atoms with Crippen LogP contribution in [-0.4, -0.2) is 33.4 Å². The number of aromatic amines is 2. The van der Waals surface area contributed by atoms with Gasteiger partial charge in [-0.15, -0.1) is 5.10 Å². The van der Waals surface area contributed by atoms with E-state index in [-0.39, 0.29) is 11.6 Å². The van der Waals surface area contributed by atoms with Crippen LogP contribution in [0, 0.1) is 17.8 Å². The average molecular weight is 282 g/mol. The van der Waals surface area contributed by atoms with E-state index in [1.165, 1.54) is 37.4 Å². The van der Waals surface area contributed by atoms with Crippen LogP contribution >= 0.6 is 11.8 Å². The first-order valence-corrected chi connectivity index (χ1v) is 7.73. The maximum absolute atomic E-state index is 11.7. The fraction of sp³-hybridized carbons (Fsp3) is 0.750. The zero-order valence-corrected chi connectivity index (χ0v) is 11.5. The molecule has 2 aliphatic carbocycles. The third kappa shape index (κ3) is 3.02. The van der Waals surface area contributed by atoms with Crippen molar-refractivity contribution in [3.63, 3.8) is 0 Å². The lowest BCUT2D eigenvalue weighted by atomic mass is 9.89. The van der Waals surface area contributed by atoms with Gasteiger partial charge in [0.1, 0.15) is 0 Å². The number of thioether (sulfide) groups is 1. The molecule has 0 unspecified atom stereocenters. The molecule has 6 nitrogen and oxygen atoms in total. The van der Waals surface area contributed by atoms with Crippen LogP contribution in [0.2, 0.25) is 0 Å². The van der Waals surface area contributed by atoms with Gasteiger partial charge in [0.25, 0.3) is 0 Å². The largest absolute Gasteiger partial charge is 0.355 e. The summed E-state index contributed by atoms with van der Waals surface area (Å²) in [6.07, 6.45) is 5.38. The van der Waals surface area contributed by atoms with Gasteiger partial charge in [-0.1, -0.05) is 18.2 Å². The molecule has 2 fully saturated rings. The van der Waals surface area contributed by atoms with Crippen molar-refractivity contribution in [2.75, 3.05) is 12.3 Å². The highest BCUT2D eigenvalue weighted by atomic mass is 32.2. The summed E-state index contributed by atoms with van der Waals surface area (Å²) in [5, 5.41) is 9.48. The second-order valence-electron chi connectivity index (χ2n) is 5.51. The molecule has 1 amide bonds. The smallest absolute Gasteiger partial charge is 0.341 e. The predicted octanol–water partition coefficient (Wildman–Crippen LogP) is 0.742. The van der Waals surface area contributed by atoms with Crippen LogP contribution in [0.3, 0.4) is 0 Å². The van der Waals surface area contributed by atoms with E-state index in [1.807, 2.05) is 0 Å². The second kappa shape index (κ2) is 5.40. The summed E-state index contributed by atoms with van der Waals surface area (Å²) in [5.74, 6) is 2.73. The van der Waals surface area contributed by atoms with Gasteiger partial charge in [0.05, 0.1) is 5.75 Å². The summed E-state index contributed by atoms with van der Waals surface area (Å²) in [6, 6.07) is 0. The van der Waals surface area contributed by atoms with Crippen molar-refractivity contribution in [2.24, 2.45) is 17.8 Å². The molecule has 2 bridgehead atoms. The van der Waals surface area contributed by atoms with Crippen LogP contribution in [0.25, 0.3) is 0 Å². The average Bonchev–Trinajstić information content (AvgIpc) is 3.10. The van der Waals surface area contributed by atoms with Crippen molar-refractivity contribution in [3.8, 4) is 0 Å². The number of nitrogens with one attached hydrogen (secondary N) is 3. The summed E-state index contributed by atoms with van der Waals surface area (Å²) in [4.78, 5) is 25.1. The summed E-state index contributed by atoms with van der Waals surface area (Å²) in [7, 11) is 0. The highest BCUT2D eigenvalue weighted by molar-refractivity contribution is 7.99. The Balaban J connectivity index is 1.38. The molecule has 1 heterocycles. The molecular weight excluding hydrogens is 264 g/mol. The van der Waals surface area contributed by atoms with E-state index < -0.39 is 0 Å². The molecule has 2 aliphatic rings. The SMILES string of the molecule is O=C(CSc1n[nH]c(=O)[nH]1)NC[C@H]1C[C@H]2CC[C@H]1C2. The standard InChI is InChI=1S/C12H18N4O2S/c17-10(6-19-12-14-11(18)15-16-12)13-5-9-4-7-1-2-8(9)3-7/h7-9H,1-6H2,(H,13,17)(H2,14,15,16,18)/t7-,8-,9+/m0/s1. The molecule has 3 rings (SSSR count). The Hall–Kier alpha value is -1.24. The molecule has 0 saturated heterocycles. The number of nitrogens with zero attached hydrogens (tertiary/aromatic N) is 1. The minimum absolute atomic E-state index is 0.0108. The van der Waals surface area contributed by atoms with Crippen molar-refractivity contribution >= 4 is 17.7 Å². The molecule has 0 radical (unpaired) electrons. The van der Waals surface area contributed by atoms with Gasteiger partial charge in [0.15, 0.2) is 5.16 Å². The molecule has 0 aliphatic heterocycles. The minimum atomic E-state index is -0.343. The Bertz CT molecular complexity index is 512. The Labute approximate surface area is 115 Å². The highest BCUT2D eigenvalue weighted by Gasteiger charge is 2.39. The van der Waals surface area contributed by atoms with Crippen LogP contribution in [-0.2, 0) is 4.79 Å². The summed E-state index contributed by atoms with van der Waals surface area (Å²) in [6.45, 7) is 0.803.